The van der Waals surface area contributed by atoms with E-state index in [0.29, 0.717) is 17.7 Å². The van der Waals surface area contributed by atoms with Gasteiger partial charge in [0.05, 0.1) is 0 Å². The number of fused-ring (bicyclic) bond motifs is 1. The van der Waals surface area contributed by atoms with Crippen molar-refractivity contribution in [2.24, 2.45) is 0 Å². The molecule has 1 N–H and O–H groups in total. The van der Waals surface area contributed by atoms with E-state index in [-0.39, 0.29) is 4.86 Å². The summed E-state index contributed by atoms with van der Waals surface area (Å²) in [6.07, 6.45) is 2.08. The van der Waals surface area contributed by atoms with Crippen molar-refractivity contribution < 1.29 is 13.2 Å². The molecule has 1 aliphatic rings. The molecule has 14 heavy (non-hydrogen) atoms. The first-order valence-corrected chi connectivity index (χ1v) is 4.95. The quantitative estimate of drug-likeness (QED) is 0.498. The molecule has 2 rings (SSSR count). The minimum atomic E-state index is -2.40. The summed E-state index contributed by atoms with van der Waals surface area (Å²) in [5.74, 6) is 0.434. The van der Waals surface area contributed by atoms with E-state index in [0.717, 1.165) is 0 Å². The Balaban J connectivity index is 2.71. The molecular weight excluding hydrogens is 204 g/mol. The molecule has 1 aliphatic heterocycles. The number of rotatable bonds is 1. The van der Waals surface area contributed by atoms with Gasteiger partial charge in [0.1, 0.15) is 23.0 Å². The highest BCUT2D eigenvalue weighted by atomic mass is 32.2. The number of carbonyl (C=O) groups is 1. The molecule has 72 valence electrons. The minimum Gasteiger partial charge on any atom is -0.355 e. The van der Waals surface area contributed by atoms with Gasteiger partial charge in [-0.25, -0.2) is 4.98 Å². The summed E-state index contributed by atoms with van der Waals surface area (Å²) in [6, 6.07) is 2.43. The smallest absolute Gasteiger partial charge is 0.220 e. The van der Waals surface area contributed by atoms with Crippen LogP contribution in [0.15, 0.2) is 18.3 Å². The number of hydrogen-bond acceptors (Lipinski definition) is 5. The Bertz CT molecular complexity index is 513. The van der Waals surface area contributed by atoms with Crippen LogP contribution in [0.5, 0.6) is 0 Å². The summed E-state index contributed by atoms with van der Waals surface area (Å²) in [4.78, 5) is 14.6. The SMILES string of the molecule is O=CC1Nc2ncccc2C1=S(=O)=O. The molecule has 0 aliphatic carbocycles. The molecule has 6 heteroatoms. The maximum atomic E-state index is 10.9. The zero-order valence-corrected chi connectivity index (χ0v) is 7.78. The van der Waals surface area contributed by atoms with Crippen LogP contribution in [0.4, 0.5) is 5.82 Å². The fourth-order valence-electron chi connectivity index (χ4n) is 1.39. The first kappa shape index (κ1) is 8.89. The van der Waals surface area contributed by atoms with E-state index in [1.807, 2.05) is 0 Å². The van der Waals surface area contributed by atoms with Crippen LogP contribution in [-0.4, -0.2) is 30.6 Å². The molecule has 0 amide bonds. The highest BCUT2D eigenvalue weighted by Crippen LogP contribution is 2.21. The molecule has 1 unspecified atom stereocenters. The van der Waals surface area contributed by atoms with Gasteiger partial charge in [0, 0.05) is 11.8 Å². The Morgan fingerprint density at radius 2 is 2.29 bits per heavy atom. The zero-order chi connectivity index (χ0) is 10.1. The summed E-state index contributed by atoms with van der Waals surface area (Å²) in [5, 5.41) is 2.71. The van der Waals surface area contributed by atoms with Crippen LogP contribution in [0, 0.1) is 0 Å². The third kappa shape index (κ3) is 1.20. The summed E-state index contributed by atoms with van der Waals surface area (Å²) in [5.41, 5.74) is 0.470. The second-order valence-electron chi connectivity index (χ2n) is 2.76. The standard InChI is InChI=1S/C8H6N2O3S/c11-4-6-7(14(12)13)5-2-1-3-9-8(5)10-6/h1-4,6H,(H,9,10). The van der Waals surface area contributed by atoms with Gasteiger partial charge in [-0.05, 0) is 12.1 Å². The van der Waals surface area contributed by atoms with Crippen LogP contribution in [0.3, 0.4) is 0 Å². The fraction of sp³-hybridized carbons (Fsp3) is 0.125. The Labute approximate surface area is 81.3 Å². The van der Waals surface area contributed by atoms with Crippen molar-refractivity contribution in [2.45, 2.75) is 6.04 Å². The molecule has 1 aromatic heterocycles. The van der Waals surface area contributed by atoms with E-state index >= 15 is 0 Å². The Kier molecular flexibility index (Phi) is 2.05. The van der Waals surface area contributed by atoms with Gasteiger partial charge in [-0.3, -0.25) is 0 Å². The van der Waals surface area contributed by atoms with Crippen molar-refractivity contribution >= 4 is 27.3 Å². The number of nitrogens with zero attached hydrogens (tertiary/aromatic N) is 1. The van der Waals surface area contributed by atoms with Gasteiger partial charge in [0.15, 0.2) is 0 Å². The highest BCUT2D eigenvalue weighted by molar-refractivity contribution is 7.73. The lowest BCUT2D eigenvalue weighted by molar-refractivity contribution is -0.107. The van der Waals surface area contributed by atoms with Crippen molar-refractivity contribution in [2.75, 3.05) is 5.32 Å². The van der Waals surface area contributed by atoms with Gasteiger partial charge >= 0.3 is 0 Å². The Morgan fingerprint density at radius 1 is 1.50 bits per heavy atom. The Morgan fingerprint density at radius 3 is 2.93 bits per heavy atom. The van der Waals surface area contributed by atoms with Crippen LogP contribution in [-0.2, 0) is 15.1 Å². The number of carbonyl (C=O) groups excluding carboxylic acids is 1. The van der Waals surface area contributed by atoms with Crippen LogP contribution in [0.1, 0.15) is 5.56 Å². The summed E-state index contributed by atoms with van der Waals surface area (Å²) in [7, 11) is -2.40. The maximum absolute atomic E-state index is 10.9. The lowest BCUT2D eigenvalue weighted by atomic mass is 10.2. The maximum Gasteiger partial charge on any atom is 0.220 e. The lowest BCUT2D eigenvalue weighted by Gasteiger charge is -1.98. The molecule has 0 bridgehead atoms. The van der Waals surface area contributed by atoms with Gasteiger partial charge < -0.3 is 10.1 Å². The van der Waals surface area contributed by atoms with E-state index < -0.39 is 16.3 Å². The third-order valence-corrected chi connectivity index (χ3v) is 2.80. The molecule has 0 saturated carbocycles. The van der Waals surface area contributed by atoms with E-state index in [4.69, 9.17) is 0 Å². The summed E-state index contributed by atoms with van der Waals surface area (Å²) in [6.45, 7) is 0. The molecule has 2 heterocycles. The van der Waals surface area contributed by atoms with Crippen LogP contribution in [0.2, 0.25) is 0 Å². The molecule has 0 saturated heterocycles. The topological polar surface area (TPSA) is 76.1 Å². The van der Waals surface area contributed by atoms with Crippen molar-refractivity contribution in [1.29, 1.82) is 0 Å². The average molecular weight is 210 g/mol. The number of anilines is 1. The van der Waals surface area contributed by atoms with E-state index in [2.05, 4.69) is 10.3 Å². The van der Waals surface area contributed by atoms with E-state index in [1.165, 1.54) is 6.20 Å². The second-order valence-corrected chi connectivity index (χ2v) is 3.67. The second kappa shape index (κ2) is 3.22. The minimum absolute atomic E-state index is 0.0584. The average Bonchev–Trinajstić information content (AvgIpc) is 2.55. The first-order valence-electron chi connectivity index (χ1n) is 3.87. The van der Waals surface area contributed by atoms with Crippen molar-refractivity contribution in [3.05, 3.63) is 23.9 Å². The van der Waals surface area contributed by atoms with Crippen molar-refractivity contribution in [3.8, 4) is 0 Å². The Hall–Kier alpha value is -1.69. The van der Waals surface area contributed by atoms with Crippen molar-refractivity contribution in [1.82, 2.24) is 4.98 Å². The highest BCUT2D eigenvalue weighted by Gasteiger charge is 2.29. The van der Waals surface area contributed by atoms with Crippen LogP contribution >= 0.6 is 0 Å². The number of nitrogens with one attached hydrogen (secondary N) is 1. The lowest BCUT2D eigenvalue weighted by Crippen LogP contribution is -2.25. The predicted molar refractivity (Wildman–Crippen MR) is 50.7 cm³/mol. The van der Waals surface area contributed by atoms with Gasteiger partial charge in [-0.2, -0.15) is 8.42 Å². The largest absolute Gasteiger partial charge is 0.355 e. The van der Waals surface area contributed by atoms with Crippen LogP contribution < -0.4 is 5.32 Å². The number of aromatic nitrogens is 1. The monoisotopic (exact) mass is 210 g/mol. The molecule has 1 aromatic rings. The zero-order valence-electron chi connectivity index (χ0n) is 6.97. The van der Waals surface area contributed by atoms with Gasteiger partial charge in [-0.1, -0.05) is 0 Å². The molecule has 1 atom stereocenters. The molecule has 0 aromatic carbocycles. The van der Waals surface area contributed by atoms with Crippen molar-refractivity contribution in [3.63, 3.8) is 0 Å². The van der Waals surface area contributed by atoms with Gasteiger partial charge in [0.25, 0.3) is 0 Å². The summed E-state index contributed by atoms with van der Waals surface area (Å²) < 4.78 is 21.7. The van der Waals surface area contributed by atoms with E-state index in [1.54, 1.807) is 12.1 Å². The number of hydrogen-bond donors (Lipinski definition) is 1. The van der Waals surface area contributed by atoms with Gasteiger partial charge in [0.2, 0.25) is 10.3 Å². The van der Waals surface area contributed by atoms with Gasteiger partial charge in [-0.15, -0.1) is 0 Å². The normalized spacial score (nSPS) is 18.6. The molecule has 0 spiro atoms. The molecule has 0 fully saturated rings. The van der Waals surface area contributed by atoms with E-state index in [9.17, 15) is 13.2 Å². The predicted octanol–water partition coefficient (Wildman–Crippen LogP) is -0.526. The number of aldehydes is 1. The number of pyridine rings is 1. The molecule has 5 nitrogen and oxygen atoms in total. The molecular formula is C8H6N2O3S. The third-order valence-electron chi connectivity index (χ3n) is 1.96. The molecule has 0 radical (unpaired) electrons. The fourth-order valence-corrected chi connectivity index (χ4v) is 2.05. The first-order chi connectivity index (χ1) is 6.74. The van der Waals surface area contributed by atoms with Crippen LogP contribution in [0.25, 0.3) is 0 Å². The summed E-state index contributed by atoms with van der Waals surface area (Å²) >= 11 is 0.